The summed E-state index contributed by atoms with van der Waals surface area (Å²) in [6, 6.07) is 17.4. The normalized spacial score (nSPS) is 16.0. The van der Waals surface area contributed by atoms with Crippen molar-refractivity contribution in [2.24, 2.45) is 0 Å². The Morgan fingerprint density at radius 2 is 1.48 bits per heavy atom. The first kappa shape index (κ1) is 16.9. The number of imide groups is 3. The van der Waals surface area contributed by atoms with Gasteiger partial charge in [-0.25, -0.2) is 4.79 Å². The van der Waals surface area contributed by atoms with E-state index < -0.39 is 23.4 Å². The molecule has 0 spiro atoms. The van der Waals surface area contributed by atoms with Crippen LogP contribution in [0.3, 0.4) is 0 Å². The Morgan fingerprint density at radius 1 is 0.960 bits per heavy atom. The van der Waals surface area contributed by atoms with Gasteiger partial charge < -0.3 is 5.32 Å². The molecule has 3 rings (SSSR count). The van der Waals surface area contributed by atoms with Crippen molar-refractivity contribution < 1.29 is 14.4 Å². The van der Waals surface area contributed by atoms with Gasteiger partial charge in [-0.05, 0) is 17.5 Å². The summed E-state index contributed by atoms with van der Waals surface area (Å²) in [5.74, 6) is -1.01. The average Bonchev–Trinajstić information content (AvgIpc) is 2.92. The lowest BCUT2D eigenvalue weighted by atomic mass is 9.82. The van der Waals surface area contributed by atoms with Crippen molar-refractivity contribution in [1.29, 1.82) is 0 Å². The number of nitrogens with one attached hydrogen (secondary N) is 1. The van der Waals surface area contributed by atoms with Crippen LogP contribution in [0, 0.1) is 0 Å². The molecular weight excluding hydrogens is 316 g/mol. The number of benzene rings is 2. The summed E-state index contributed by atoms with van der Waals surface area (Å²) in [6.07, 6.45) is 1.63. The van der Waals surface area contributed by atoms with Crippen LogP contribution in [0.1, 0.15) is 37.3 Å². The van der Waals surface area contributed by atoms with Crippen LogP contribution in [0.5, 0.6) is 0 Å². The quantitative estimate of drug-likeness (QED) is 0.853. The third-order valence-electron chi connectivity index (χ3n) is 4.43. The second-order valence-electron chi connectivity index (χ2n) is 6.05. The third kappa shape index (κ3) is 2.82. The zero-order valence-electron chi connectivity index (χ0n) is 14.1. The second kappa shape index (κ2) is 6.89. The fourth-order valence-corrected chi connectivity index (χ4v) is 3.13. The van der Waals surface area contributed by atoms with Crippen molar-refractivity contribution in [3.8, 4) is 0 Å². The van der Waals surface area contributed by atoms with Crippen molar-refractivity contribution in [2.75, 3.05) is 0 Å². The van der Waals surface area contributed by atoms with Crippen LogP contribution in [-0.4, -0.2) is 22.7 Å². The first-order valence-corrected chi connectivity index (χ1v) is 8.42. The Kier molecular flexibility index (Phi) is 4.65. The standard InChI is InChI=1S/C20H20N2O3/c1-2-3-14-17(23)22-18(24)20(21-19(22)25,15-10-6-4-7-11-15)16-12-8-5-9-13-16/h4-13H,2-3,14H2,1H3,(H,21,25). The molecule has 25 heavy (non-hydrogen) atoms. The topological polar surface area (TPSA) is 66.5 Å². The van der Waals surface area contributed by atoms with E-state index in [0.29, 0.717) is 17.5 Å². The molecule has 0 atom stereocenters. The van der Waals surface area contributed by atoms with E-state index >= 15 is 0 Å². The number of hydrogen-bond acceptors (Lipinski definition) is 3. The van der Waals surface area contributed by atoms with Crippen molar-refractivity contribution >= 4 is 17.8 Å². The minimum atomic E-state index is -1.37. The molecule has 0 aliphatic carbocycles. The fourth-order valence-electron chi connectivity index (χ4n) is 3.13. The number of carbonyl (C=O) groups is 3. The van der Waals surface area contributed by atoms with E-state index in [-0.39, 0.29) is 6.42 Å². The van der Waals surface area contributed by atoms with E-state index in [1.54, 1.807) is 48.5 Å². The smallest absolute Gasteiger partial charge is 0.315 e. The molecule has 2 aromatic rings. The Balaban J connectivity index is 2.10. The Hall–Kier alpha value is -2.95. The fraction of sp³-hybridized carbons (Fsp3) is 0.250. The zero-order chi connectivity index (χ0) is 17.9. The van der Waals surface area contributed by atoms with Crippen molar-refractivity contribution in [3.63, 3.8) is 0 Å². The molecule has 1 N–H and O–H groups in total. The molecule has 0 radical (unpaired) electrons. The van der Waals surface area contributed by atoms with Gasteiger partial charge in [0.1, 0.15) is 0 Å². The summed E-state index contributed by atoms with van der Waals surface area (Å²) in [4.78, 5) is 39.0. The molecule has 1 fully saturated rings. The van der Waals surface area contributed by atoms with E-state index in [9.17, 15) is 14.4 Å². The molecule has 4 amide bonds. The summed E-state index contributed by atoms with van der Waals surface area (Å²) in [5.41, 5.74) is -0.114. The second-order valence-corrected chi connectivity index (χ2v) is 6.05. The molecule has 1 aliphatic rings. The maximum atomic E-state index is 13.3. The SMILES string of the molecule is CCCCC(=O)N1C(=O)NC(c2ccccc2)(c2ccccc2)C1=O. The molecule has 1 saturated heterocycles. The number of urea groups is 1. The van der Waals surface area contributed by atoms with Crippen LogP contribution in [0.4, 0.5) is 4.79 Å². The van der Waals surface area contributed by atoms with Gasteiger partial charge in [0.2, 0.25) is 5.91 Å². The maximum absolute atomic E-state index is 13.3. The van der Waals surface area contributed by atoms with Crippen LogP contribution in [-0.2, 0) is 15.1 Å². The Labute approximate surface area is 146 Å². The first-order valence-electron chi connectivity index (χ1n) is 8.42. The molecule has 5 heteroatoms. The summed E-state index contributed by atoms with van der Waals surface area (Å²) < 4.78 is 0. The maximum Gasteiger partial charge on any atom is 0.332 e. The highest BCUT2D eigenvalue weighted by Crippen LogP contribution is 2.36. The molecule has 5 nitrogen and oxygen atoms in total. The van der Waals surface area contributed by atoms with Crippen LogP contribution in [0.25, 0.3) is 0 Å². The van der Waals surface area contributed by atoms with E-state index in [1.165, 1.54) is 0 Å². The third-order valence-corrected chi connectivity index (χ3v) is 4.43. The highest BCUT2D eigenvalue weighted by molar-refractivity contribution is 6.19. The van der Waals surface area contributed by atoms with E-state index in [1.807, 2.05) is 19.1 Å². The number of carbonyl (C=O) groups excluding carboxylic acids is 3. The van der Waals surface area contributed by atoms with E-state index in [2.05, 4.69) is 5.32 Å². The Bertz CT molecular complexity index is 748. The van der Waals surface area contributed by atoms with Crippen LogP contribution >= 0.6 is 0 Å². The van der Waals surface area contributed by atoms with Gasteiger partial charge in [-0.2, -0.15) is 4.90 Å². The highest BCUT2D eigenvalue weighted by Gasteiger charge is 2.55. The molecule has 0 unspecified atom stereocenters. The largest absolute Gasteiger partial charge is 0.332 e. The van der Waals surface area contributed by atoms with Gasteiger partial charge in [-0.1, -0.05) is 74.0 Å². The lowest BCUT2D eigenvalue weighted by molar-refractivity contribution is -0.141. The lowest BCUT2D eigenvalue weighted by Crippen LogP contribution is -2.45. The first-order chi connectivity index (χ1) is 12.1. The lowest BCUT2D eigenvalue weighted by Gasteiger charge is -2.27. The zero-order valence-corrected chi connectivity index (χ0v) is 14.1. The molecule has 0 saturated carbocycles. The van der Waals surface area contributed by atoms with Gasteiger partial charge in [0, 0.05) is 6.42 Å². The average molecular weight is 336 g/mol. The molecular formula is C20H20N2O3. The van der Waals surface area contributed by atoms with E-state index in [4.69, 9.17) is 0 Å². The number of nitrogens with zero attached hydrogens (tertiary/aromatic N) is 1. The van der Waals surface area contributed by atoms with Gasteiger partial charge in [-0.15, -0.1) is 0 Å². The summed E-state index contributed by atoms with van der Waals surface area (Å²) in [7, 11) is 0. The predicted molar refractivity (Wildman–Crippen MR) is 93.6 cm³/mol. The van der Waals surface area contributed by atoms with Crippen molar-refractivity contribution in [2.45, 2.75) is 31.7 Å². The molecule has 1 aliphatic heterocycles. The van der Waals surface area contributed by atoms with Crippen LogP contribution < -0.4 is 5.32 Å². The summed E-state index contributed by atoms with van der Waals surface area (Å²) in [5, 5.41) is 2.77. The number of rotatable bonds is 5. The van der Waals surface area contributed by atoms with Gasteiger partial charge in [0.25, 0.3) is 5.91 Å². The minimum absolute atomic E-state index is 0.176. The number of hydrogen-bond donors (Lipinski definition) is 1. The van der Waals surface area contributed by atoms with Crippen molar-refractivity contribution in [1.82, 2.24) is 10.2 Å². The van der Waals surface area contributed by atoms with Gasteiger partial charge in [0.05, 0.1) is 0 Å². The highest BCUT2D eigenvalue weighted by atomic mass is 16.2. The van der Waals surface area contributed by atoms with Gasteiger partial charge >= 0.3 is 6.03 Å². The van der Waals surface area contributed by atoms with E-state index in [0.717, 1.165) is 11.3 Å². The predicted octanol–water partition coefficient (Wildman–Crippen LogP) is 3.20. The molecule has 1 heterocycles. The summed E-state index contributed by atoms with van der Waals surface area (Å²) in [6.45, 7) is 1.96. The molecule has 128 valence electrons. The van der Waals surface area contributed by atoms with Crippen LogP contribution in [0.2, 0.25) is 0 Å². The summed E-state index contributed by atoms with van der Waals surface area (Å²) >= 11 is 0. The Morgan fingerprint density at radius 3 is 1.96 bits per heavy atom. The minimum Gasteiger partial charge on any atom is -0.315 e. The molecule has 2 aromatic carbocycles. The number of amides is 4. The number of unbranched alkanes of at least 4 members (excludes halogenated alkanes) is 1. The van der Waals surface area contributed by atoms with Gasteiger partial charge in [-0.3, -0.25) is 9.59 Å². The van der Waals surface area contributed by atoms with Gasteiger partial charge in [0.15, 0.2) is 5.54 Å². The molecule has 0 bridgehead atoms. The van der Waals surface area contributed by atoms with Crippen molar-refractivity contribution in [3.05, 3.63) is 71.8 Å². The van der Waals surface area contributed by atoms with Crippen LogP contribution in [0.15, 0.2) is 60.7 Å². The molecule has 0 aromatic heterocycles. The monoisotopic (exact) mass is 336 g/mol.